The van der Waals surface area contributed by atoms with Crippen LogP contribution in [0.2, 0.25) is 0 Å². The lowest BCUT2D eigenvalue weighted by Gasteiger charge is -2.08. The Labute approximate surface area is 144 Å². The Kier molecular flexibility index (Phi) is 4.56. The van der Waals surface area contributed by atoms with Crippen LogP contribution in [0.5, 0.6) is 0 Å². The van der Waals surface area contributed by atoms with Crippen molar-refractivity contribution in [2.45, 2.75) is 13.8 Å². The first-order chi connectivity index (χ1) is 12.0. The number of hydrogen-bond acceptors (Lipinski definition) is 6. The molecule has 0 aliphatic carbocycles. The van der Waals surface area contributed by atoms with E-state index in [9.17, 15) is 9.59 Å². The van der Waals surface area contributed by atoms with Gasteiger partial charge in [0.15, 0.2) is 11.6 Å². The van der Waals surface area contributed by atoms with Crippen LogP contribution in [0.3, 0.4) is 0 Å². The number of Topliss-reactive ketones (excluding diaryl/α,β-unsaturated/α-hetero) is 1. The summed E-state index contributed by atoms with van der Waals surface area (Å²) in [7, 11) is 0. The number of ketones is 1. The van der Waals surface area contributed by atoms with Crippen molar-refractivity contribution in [2.24, 2.45) is 0 Å². The molecule has 0 unspecified atom stereocenters. The van der Waals surface area contributed by atoms with E-state index in [1.807, 2.05) is 0 Å². The first-order valence-corrected chi connectivity index (χ1v) is 7.59. The van der Waals surface area contributed by atoms with Crippen molar-refractivity contribution in [1.82, 2.24) is 10.1 Å². The van der Waals surface area contributed by atoms with Crippen molar-refractivity contribution in [3.8, 4) is 0 Å². The third kappa shape index (κ3) is 4.08. The molecule has 0 atom stereocenters. The van der Waals surface area contributed by atoms with Gasteiger partial charge in [0.05, 0.1) is 17.4 Å². The van der Waals surface area contributed by atoms with Crippen molar-refractivity contribution in [1.29, 1.82) is 0 Å². The summed E-state index contributed by atoms with van der Waals surface area (Å²) >= 11 is 0. The van der Waals surface area contributed by atoms with Crippen LogP contribution in [-0.4, -0.2) is 21.8 Å². The third-order valence-corrected chi connectivity index (χ3v) is 3.45. The van der Waals surface area contributed by atoms with Crippen LogP contribution in [0.4, 0.5) is 17.2 Å². The molecule has 0 saturated heterocycles. The van der Waals surface area contributed by atoms with Crippen molar-refractivity contribution >= 4 is 28.9 Å². The zero-order valence-corrected chi connectivity index (χ0v) is 13.7. The number of aryl methyl sites for hydroxylation is 1. The molecule has 0 radical (unpaired) electrons. The molecular weight excluding hydrogens is 320 g/mol. The number of aromatic nitrogens is 2. The molecule has 3 aromatic rings. The molecule has 0 spiro atoms. The summed E-state index contributed by atoms with van der Waals surface area (Å²) < 4.78 is 4.91. The predicted molar refractivity (Wildman–Crippen MR) is 93.2 cm³/mol. The van der Waals surface area contributed by atoms with Crippen molar-refractivity contribution in [2.75, 3.05) is 10.6 Å². The maximum Gasteiger partial charge on any atom is 0.258 e. The first-order valence-electron chi connectivity index (χ1n) is 7.59. The van der Waals surface area contributed by atoms with Gasteiger partial charge in [0, 0.05) is 23.5 Å². The van der Waals surface area contributed by atoms with E-state index in [1.165, 1.54) is 13.1 Å². The normalized spacial score (nSPS) is 10.3. The second kappa shape index (κ2) is 6.96. The Hall–Kier alpha value is -3.48. The molecule has 7 nitrogen and oxygen atoms in total. The van der Waals surface area contributed by atoms with Gasteiger partial charge in [0.2, 0.25) is 0 Å². The highest BCUT2D eigenvalue weighted by Gasteiger charge is 2.10. The van der Waals surface area contributed by atoms with Gasteiger partial charge < -0.3 is 15.2 Å². The molecule has 0 bridgehead atoms. The summed E-state index contributed by atoms with van der Waals surface area (Å²) in [5.41, 5.74) is 2.46. The fourth-order valence-corrected chi connectivity index (χ4v) is 2.20. The largest absolute Gasteiger partial charge is 0.360 e. The van der Waals surface area contributed by atoms with Gasteiger partial charge in [0.1, 0.15) is 5.76 Å². The number of hydrogen-bond donors (Lipinski definition) is 2. The van der Waals surface area contributed by atoms with E-state index in [0.717, 1.165) is 5.69 Å². The molecule has 2 heterocycles. The molecule has 3 rings (SSSR count). The Morgan fingerprint density at radius 3 is 2.40 bits per heavy atom. The summed E-state index contributed by atoms with van der Waals surface area (Å²) in [4.78, 5) is 27.6. The number of carbonyl (C=O) groups is 2. The lowest BCUT2D eigenvalue weighted by atomic mass is 10.1. The molecule has 25 heavy (non-hydrogen) atoms. The summed E-state index contributed by atoms with van der Waals surface area (Å²) in [5.74, 6) is 0.630. The maximum atomic E-state index is 12.2. The minimum Gasteiger partial charge on any atom is -0.360 e. The Balaban J connectivity index is 1.72. The zero-order chi connectivity index (χ0) is 17.8. The van der Waals surface area contributed by atoms with Crippen LogP contribution in [0.25, 0.3) is 0 Å². The highest BCUT2D eigenvalue weighted by atomic mass is 16.5. The molecule has 0 aliphatic rings. The van der Waals surface area contributed by atoms with Gasteiger partial charge in [-0.3, -0.25) is 14.6 Å². The van der Waals surface area contributed by atoms with Crippen LogP contribution in [0, 0.1) is 6.92 Å². The Morgan fingerprint density at radius 2 is 1.76 bits per heavy atom. The highest BCUT2D eigenvalue weighted by Crippen LogP contribution is 2.18. The van der Waals surface area contributed by atoms with Gasteiger partial charge in [0.25, 0.3) is 5.91 Å². The number of anilines is 3. The molecule has 1 aromatic carbocycles. The van der Waals surface area contributed by atoms with Gasteiger partial charge in [-0.25, -0.2) is 0 Å². The number of nitrogens with one attached hydrogen (secondary N) is 2. The third-order valence-electron chi connectivity index (χ3n) is 3.45. The van der Waals surface area contributed by atoms with Crippen LogP contribution < -0.4 is 10.6 Å². The molecule has 2 N–H and O–H groups in total. The predicted octanol–water partition coefficient (Wildman–Crippen LogP) is 3.58. The lowest BCUT2D eigenvalue weighted by molar-refractivity contribution is 0.101. The van der Waals surface area contributed by atoms with Crippen molar-refractivity contribution in [3.63, 3.8) is 0 Å². The summed E-state index contributed by atoms with van der Waals surface area (Å²) in [6.45, 7) is 3.26. The SMILES string of the molecule is CC(=O)c1ccc(Nc2cncc(C(=O)Nc3cc(C)on3)c2)cc1. The van der Waals surface area contributed by atoms with E-state index in [0.29, 0.717) is 28.4 Å². The Bertz CT molecular complexity index is 916. The van der Waals surface area contributed by atoms with E-state index in [-0.39, 0.29) is 11.7 Å². The van der Waals surface area contributed by atoms with Crippen LogP contribution >= 0.6 is 0 Å². The topological polar surface area (TPSA) is 97.1 Å². The Morgan fingerprint density at radius 1 is 1.00 bits per heavy atom. The number of amides is 1. The molecule has 0 aliphatic heterocycles. The number of benzene rings is 1. The van der Waals surface area contributed by atoms with Gasteiger partial charge in [-0.15, -0.1) is 0 Å². The first kappa shape index (κ1) is 16.4. The number of carbonyl (C=O) groups excluding carboxylic acids is 2. The summed E-state index contributed by atoms with van der Waals surface area (Å²) in [5, 5.41) is 9.51. The molecule has 2 aromatic heterocycles. The van der Waals surface area contributed by atoms with Crippen LogP contribution in [-0.2, 0) is 0 Å². The standard InChI is InChI=1S/C18H16N4O3/c1-11-7-17(22-25-11)21-18(24)14-8-16(10-19-9-14)20-15-5-3-13(4-6-15)12(2)23/h3-10,20H,1-2H3,(H,21,22,24). The number of rotatable bonds is 5. The smallest absolute Gasteiger partial charge is 0.258 e. The highest BCUT2D eigenvalue weighted by molar-refractivity contribution is 6.04. The van der Waals surface area contributed by atoms with Gasteiger partial charge in [-0.1, -0.05) is 5.16 Å². The fourth-order valence-electron chi connectivity index (χ4n) is 2.20. The molecule has 7 heteroatoms. The average Bonchev–Trinajstić information content (AvgIpc) is 3.00. The molecule has 0 fully saturated rings. The lowest BCUT2D eigenvalue weighted by Crippen LogP contribution is -2.12. The van der Waals surface area contributed by atoms with Crippen molar-refractivity contribution < 1.29 is 14.1 Å². The number of pyridine rings is 1. The average molecular weight is 336 g/mol. The van der Waals surface area contributed by atoms with E-state index < -0.39 is 0 Å². The van der Waals surface area contributed by atoms with Crippen LogP contribution in [0.15, 0.2) is 53.3 Å². The minimum atomic E-state index is -0.337. The van der Waals surface area contributed by atoms with Crippen molar-refractivity contribution in [3.05, 3.63) is 65.7 Å². The van der Waals surface area contributed by atoms with Gasteiger partial charge in [-0.2, -0.15) is 0 Å². The minimum absolute atomic E-state index is 0.00924. The fraction of sp³-hybridized carbons (Fsp3) is 0.111. The summed E-state index contributed by atoms with van der Waals surface area (Å²) in [6.07, 6.45) is 3.07. The maximum absolute atomic E-state index is 12.2. The van der Waals surface area contributed by atoms with E-state index in [1.54, 1.807) is 49.5 Å². The van der Waals surface area contributed by atoms with Gasteiger partial charge >= 0.3 is 0 Å². The van der Waals surface area contributed by atoms with E-state index in [2.05, 4.69) is 20.8 Å². The molecule has 0 saturated carbocycles. The monoisotopic (exact) mass is 336 g/mol. The molecule has 126 valence electrons. The van der Waals surface area contributed by atoms with E-state index in [4.69, 9.17) is 4.52 Å². The second-order valence-corrected chi connectivity index (χ2v) is 5.50. The molecular formula is C18H16N4O3. The molecule has 1 amide bonds. The second-order valence-electron chi connectivity index (χ2n) is 5.50. The summed E-state index contributed by atoms with van der Waals surface area (Å²) in [6, 6.07) is 10.4. The van der Waals surface area contributed by atoms with E-state index >= 15 is 0 Å². The number of nitrogens with zero attached hydrogens (tertiary/aromatic N) is 2. The quantitative estimate of drug-likeness (QED) is 0.691. The van der Waals surface area contributed by atoms with Crippen LogP contribution in [0.1, 0.15) is 33.4 Å². The zero-order valence-electron chi connectivity index (χ0n) is 13.7. The van der Waals surface area contributed by atoms with Gasteiger partial charge in [-0.05, 0) is 44.2 Å².